The van der Waals surface area contributed by atoms with Crippen LogP contribution in [0.1, 0.15) is 24.8 Å². The molecule has 1 aromatic heterocycles. The summed E-state index contributed by atoms with van der Waals surface area (Å²) >= 11 is 0. The van der Waals surface area contributed by atoms with E-state index >= 15 is 0 Å². The Morgan fingerprint density at radius 1 is 0.905 bits per heavy atom. The Morgan fingerprint density at radius 2 is 1.64 bits per heavy atom. The van der Waals surface area contributed by atoms with Gasteiger partial charge in [-0.1, -0.05) is 12.1 Å². The molecule has 8 bridgehead atoms. The Hall–Kier alpha value is -4.22. The summed E-state index contributed by atoms with van der Waals surface area (Å²) in [6.45, 7) is 4.35. The highest BCUT2D eigenvalue weighted by molar-refractivity contribution is 5.88. The van der Waals surface area contributed by atoms with Crippen LogP contribution in [0.25, 0.3) is 0 Å². The number of rotatable bonds is 5. The molecule has 222 valence electrons. The summed E-state index contributed by atoms with van der Waals surface area (Å²) in [5.41, 5.74) is 2.94. The Balaban J connectivity index is 1.34. The van der Waals surface area contributed by atoms with Gasteiger partial charge in [-0.3, -0.25) is 14.5 Å². The fourth-order valence-electron chi connectivity index (χ4n) is 5.20. The number of amides is 2. The highest BCUT2D eigenvalue weighted by atomic mass is 16.5. The van der Waals surface area contributed by atoms with E-state index in [1.807, 2.05) is 49.3 Å². The standard InChI is InChI=1S/C31H40N8O3/c1-37(2)13-4-3-8-27-31(41)39-16-14-38(15-17-39)20-23-6-5-7-25(18-23)35-29-19-28(32-22-33-29)34-24-9-11-26(12-10-24)42-21-30(40)36-27/h5-7,9-12,18-19,22,27H,3-4,8,13-17,20-21H2,1-2H3,(H,36,40)(H2,32,33,34,35). The lowest BCUT2D eigenvalue weighted by Crippen LogP contribution is -2.55. The van der Waals surface area contributed by atoms with Gasteiger partial charge in [-0.15, -0.1) is 0 Å². The van der Waals surface area contributed by atoms with Crippen LogP contribution in [0.15, 0.2) is 60.9 Å². The topological polar surface area (TPSA) is 115 Å². The van der Waals surface area contributed by atoms with Crippen molar-refractivity contribution >= 4 is 34.8 Å². The van der Waals surface area contributed by atoms with Gasteiger partial charge in [0.1, 0.15) is 29.8 Å². The molecule has 11 nitrogen and oxygen atoms in total. The van der Waals surface area contributed by atoms with E-state index in [0.29, 0.717) is 36.9 Å². The van der Waals surface area contributed by atoms with Gasteiger partial charge in [-0.05, 0) is 81.9 Å². The monoisotopic (exact) mass is 572 g/mol. The minimum atomic E-state index is -0.568. The molecular formula is C31H40N8O3. The molecule has 0 spiro atoms. The first-order valence-corrected chi connectivity index (χ1v) is 14.5. The summed E-state index contributed by atoms with van der Waals surface area (Å²) in [5, 5.41) is 9.62. The number of benzene rings is 2. The average Bonchev–Trinajstić information content (AvgIpc) is 2.98. The third kappa shape index (κ3) is 8.40. The van der Waals surface area contributed by atoms with Crippen LogP contribution in [0.2, 0.25) is 0 Å². The minimum absolute atomic E-state index is 0.0178. The van der Waals surface area contributed by atoms with Crippen LogP contribution in [-0.2, 0) is 16.1 Å². The average molecular weight is 573 g/mol. The van der Waals surface area contributed by atoms with Gasteiger partial charge in [0.2, 0.25) is 5.91 Å². The molecule has 0 saturated carbocycles. The van der Waals surface area contributed by atoms with Crippen LogP contribution >= 0.6 is 0 Å². The summed E-state index contributed by atoms with van der Waals surface area (Å²) in [5.74, 6) is 1.56. The van der Waals surface area contributed by atoms with E-state index in [4.69, 9.17) is 4.74 Å². The van der Waals surface area contributed by atoms with E-state index in [1.165, 1.54) is 11.9 Å². The van der Waals surface area contributed by atoms with Crippen LogP contribution in [-0.4, -0.2) is 95.9 Å². The van der Waals surface area contributed by atoms with Gasteiger partial charge in [-0.25, -0.2) is 9.97 Å². The normalized spacial score (nSPS) is 19.5. The van der Waals surface area contributed by atoms with Gasteiger partial charge in [0.25, 0.3) is 5.91 Å². The number of nitrogens with one attached hydrogen (secondary N) is 3. The number of hydrogen-bond donors (Lipinski definition) is 3. The Labute approximate surface area is 247 Å². The van der Waals surface area contributed by atoms with Crippen molar-refractivity contribution in [2.75, 3.05) is 64.1 Å². The molecule has 1 unspecified atom stereocenters. The SMILES string of the molecule is CN(C)CCCCC1NC(=O)COc2ccc(cc2)Nc2cc(ncn2)Nc2cccc(c2)CN2CCN(CC2)C1=O. The first-order chi connectivity index (χ1) is 20.4. The second kappa shape index (κ2) is 14.1. The summed E-state index contributed by atoms with van der Waals surface area (Å²) in [7, 11) is 4.07. The number of carbonyl (C=O) groups excluding carboxylic acids is 2. The zero-order valence-electron chi connectivity index (χ0n) is 24.4. The highest BCUT2D eigenvalue weighted by Crippen LogP contribution is 2.23. The second-order valence-electron chi connectivity index (χ2n) is 11.1. The Morgan fingerprint density at radius 3 is 2.38 bits per heavy atom. The molecule has 42 heavy (non-hydrogen) atoms. The van der Waals surface area contributed by atoms with E-state index in [1.54, 1.807) is 12.1 Å². The molecule has 1 fully saturated rings. The summed E-state index contributed by atoms with van der Waals surface area (Å²) in [6, 6.07) is 16.9. The summed E-state index contributed by atoms with van der Waals surface area (Å²) in [6.07, 6.45) is 3.92. The maximum absolute atomic E-state index is 13.6. The molecule has 0 aliphatic carbocycles. The van der Waals surface area contributed by atoms with E-state index in [2.05, 4.69) is 47.9 Å². The van der Waals surface area contributed by atoms with Gasteiger partial charge in [0.05, 0.1) is 0 Å². The maximum Gasteiger partial charge on any atom is 0.258 e. The first kappa shape index (κ1) is 29.3. The van der Waals surface area contributed by atoms with Crippen molar-refractivity contribution in [3.8, 4) is 5.75 Å². The Bertz CT molecular complexity index is 1340. The molecule has 1 atom stereocenters. The van der Waals surface area contributed by atoms with Gasteiger partial charge in [0, 0.05) is 50.2 Å². The molecule has 8 rings (SSSR count). The number of unbranched alkanes of at least 4 members (excludes halogenated alkanes) is 1. The van der Waals surface area contributed by atoms with Crippen LogP contribution in [0.3, 0.4) is 0 Å². The van der Waals surface area contributed by atoms with Gasteiger partial charge in [-0.2, -0.15) is 0 Å². The van der Waals surface area contributed by atoms with Crippen molar-refractivity contribution in [1.82, 2.24) is 30.0 Å². The van der Waals surface area contributed by atoms with E-state index in [-0.39, 0.29) is 18.4 Å². The van der Waals surface area contributed by atoms with Crippen molar-refractivity contribution in [1.29, 1.82) is 0 Å². The molecule has 0 radical (unpaired) electrons. The number of ether oxygens (including phenoxy) is 1. The van der Waals surface area contributed by atoms with Gasteiger partial charge in [0.15, 0.2) is 6.61 Å². The fourth-order valence-corrected chi connectivity index (χ4v) is 5.20. The third-order valence-corrected chi connectivity index (χ3v) is 7.43. The van der Waals surface area contributed by atoms with Crippen molar-refractivity contribution in [2.45, 2.75) is 31.8 Å². The molecule has 2 aromatic carbocycles. The highest BCUT2D eigenvalue weighted by Gasteiger charge is 2.28. The van der Waals surface area contributed by atoms with Crippen LogP contribution in [0, 0.1) is 0 Å². The molecule has 5 aliphatic rings. The third-order valence-electron chi connectivity index (χ3n) is 7.43. The number of hydrogen-bond acceptors (Lipinski definition) is 9. The molecule has 3 aromatic rings. The molecule has 2 amide bonds. The second-order valence-corrected chi connectivity index (χ2v) is 11.1. The molecule has 3 N–H and O–H groups in total. The smallest absolute Gasteiger partial charge is 0.258 e. The predicted molar refractivity (Wildman–Crippen MR) is 163 cm³/mol. The van der Waals surface area contributed by atoms with Crippen molar-refractivity contribution in [2.24, 2.45) is 0 Å². The van der Waals surface area contributed by atoms with Gasteiger partial charge >= 0.3 is 0 Å². The molecule has 1 saturated heterocycles. The zero-order valence-corrected chi connectivity index (χ0v) is 24.4. The number of carbonyl (C=O) groups is 2. The zero-order chi connectivity index (χ0) is 29.3. The van der Waals surface area contributed by atoms with E-state index < -0.39 is 6.04 Å². The molecule has 11 heteroatoms. The number of piperazine rings is 1. The number of aromatic nitrogens is 2. The van der Waals surface area contributed by atoms with Crippen molar-refractivity contribution < 1.29 is 14.3 Å². The molecule has 6 heterocycles. The van der Waals surface area contributed by atoms with Crippen molar-refractivity contribution in [3.05, 3.63) is 66.5 Å². The van der Waals surface area contributed by atoms with E-state index in [0.717, 1.165) is 50.4 Å². The number of nitrogens with zero attached hydrogens (tertiary/aromatic N) is 5. The minimum Gasteiger partial charge on any atom is -0.484 e. The Kier molecular flexibility index (Phi) is 9.83. The number of anilines is 4. The van der Waals surface area contributed by atoms with Crippen LogP contribution < -0.4 is 20.7 Å². The largest absolute Gasteiger partial charge is 0.484 e. The van der Waals surface area contributed by atoms with E-state index in [9.17, 15) is 9.59 Å². The lowest BCUT2D eigenvalue weighted by atomic mass is 10.1. The van der Waals surface area contributed by atoms with Crippen molar-refractivity contribution in [3.63, 3.8) is 0 Å². The lowest BCUT2D eigenvalue weighted by Gasteiger charge is -2.36. The first-order valence-electron chi connectivity index (χ1n) is 14.5. The van der Waals surface area contributed by atoms with Crippen LogP contribution in [0.5, 0.6) is 5.75 Å². The summed E-state index contributed by atoms with van der Waals surface area (Å²) < 4.78 is 5.75. The quantitative estimate of drug-likeness (QED) is 0.397. The van der Waals surface area contributed by atoms with Crippen LogP contribution in [0.4, 0.5) is 23.0 Å². The van der Waals surface area contributed by atoms with Gasteiger partial charge < -0.3 is 30.5 Å². The molecular weight excluding hydrogens is 532 g/mol. The lowest BCUT2D eigenvalue weighted by molar-refractivity contribution is -0.138. The summed E-state index contributed by atoms with van der Waals surface area (Å²) in [4.78, 5) is 41.6. The fraction of sp³-hybridized carbons (Fsp3) is 0.419. The molecule has 5 aliphatic heterocycles. The maximum atomic E-state index is 13.6. The predicted octanol–water partition coefficient (Wildman–Crippen LogP) is 3.22.